The first-order valence-electron chi connectivity index (χ1n) is 12.6. The number of hydrogen-bond acceptors (Lipinski definition) is 5. The predicted octanol–water partition coefficient (Wildman–Crippen LogP) is 4.52. The van der Waals surface area contributed by atoms with Gasteiger partial charge in [-0.15, -0.1) is 0 Å². The Morgan fingerprint density at radius 1 is 0.907 bits per heavy atom. The molecule has 0 aliphatic carbocycles. The van der Waals surface area contributed by atoms with Crippen molar-refractivity contribution in [3.05, 3.63) is 65.2 Å². The second-order valence-corrected chi connectivity index (χ2v) is 9.62. The molecule has 0 radical (unpaired) electrons. The fourth-order valence-electron chi connectivity index (χ4n) is 4.76. The molecule has 2 aromatic carbocycles. The van der Waals surface area contributed by atoms with Crippen LogP contribution in [-0.4, -0.2) is 72.4 Å². The topological polar surface area (TPSA) is 102 Å². The highest BCUT2D eigenvalue weighted by Crippen LogP contribution is 2.37. The molecular weight excluding hydrogens is 603 g/mol. The molecule has 17 heteroatoms. The molecule has 236 valence electrons. The van der Waals surface area contributed by atoms with Gasteiger partial charge in [0.2, 0.25) is 5.91 Å². The summed E-state index contributed by atoms with van der Waals surface area (Å²) in [5.41, 5.74) is -3.63. The fraction of sp³-hybridized carbons (Fsp3) is 0.423. The number of para-hydroxylation sites is 1. The molecule has 8 nitrogen and oxygen atoms in total. The summed E-state index contributed by atoms with van der Waals surface area (Å²) in [6.45, 7) is 1.61. The van der Waals surface area contributed by atoms with Crippen LogP contribution in [0.25, 0.3) is 0 Å². The van der Waals surface area contributed by atoms with Gasteiger partial charge in [0.05, 0.1) is 23.4 Å². The Hall–Kier alpha value is -4.02. The average molecular weight is 628 g/mol. The number of nitrogens with zero attached hydrogens (tertiary/aromatic N) is 2. The van der Waals surface area contributed by atoms with Crippen LogP contribution in [-0.2, 0) is 21.9 Å². The molecule has 2 saturated heterocycles. The normalized spacial score (nSPS) is 17.2. The van der Waals surface area contributed by atoms with Crippen LogP contribution in [0.1, 0.15) is 34.3 Å². The Kier molecular flexibility index (Phi) is 9.88. The van der Waals surface area contributed by atoms with Crippen molar-refractivity contribution in [2.45, 2.75) is 36.9 Å². The summed E-state index contributed by atoms with van der Waals surface area (Å²) in [5, 5.41) is 12.3. The number of rotatable bonds is 5. The Labute approximate surface area is 238 Å². The van der Waals surface area contributed by atoms with Crippen molar-refractivity contribution >= 4 is 23.5 Å². The van der Waals surface area contributed by atoms with Crippen LogP contribution in [0.3, 0.4) is 0 Å². The molecule has 43 heavy (non-hydrogen) atoms. The Morgan fingerprint density at radius 3 is 2.00 bits per heavy atom. The van der Waals surface area contributed by atoms with Crippen molar-refractivity contribution in [3.63, 3.8) is 0 Å². The minimum absolute atomic E-state index is 0.0615. The van der Waals surface area contributed by atoms with E-state index in [1.807, 2.05) is 40.1 Å². The third kappa shape index (κ3) is 8.09. The maximum atomic E-state index is 13.3. The fourth-order valence-corrected chi connectivity index (χ4v) is 4.76. The van der Waals surface area contributed by atoms with E-state index in [1.54, 1.807) is 0 Å². The summed E-state index contributed by atoms with van der Waals surface area (Å²) in [6.07, 6.45) is -13.9. The van der Waals surface area contributed by atoms with E-state index in [2.05, 4.69) is 10.6 Å². The second kappa shape index (κ2) is 12.7. The van der Waals surface area contributed by atoms with Crippen LogP contribution < -0.4 is 15.5 Å². The summed E-state index contributed by atoms with van der Waals surface area (Å²) >= 11 is 0. The quantitative estimate of drug-likeness (QED) is 0.422. The zero-order valence-electron chi connectivity index (χ0n) is 22.0. The van der Waals surface area contributed by atoms with Crippen molar-refractivity contribution < 1.29 is 59.0 Å². The van der Waals surface area contributed by atoms with Gasteiger partial charge in [-0.3, -0.25) is 9.59 Å². The first-order chi connectivity index (χ1) is 19.9. The molecule has 2 aliphatic heterocycles. The number of carboxylic acids is 1. The standard InChI is InChI=1S/C24H24F6N4O2.C2HF3O2/c25-23(26,27)16-6-7-19(24(28,29)30)18(14-16)20(35)31-10-13-33-11-8-22(9-12-33)21(36)32-15-34(22)17-4-2-1-3-5-17;3-2(4,5)1(6)7/h1-7,14H,8-13,15H2,(H,31,35)(H,32,36);(H,6,7). The molecule has 2 aliphatic rings. The van der Waals surface area contributed by atoms with Crippen molar-refractivity contribution in [2.24, 2.45) is 0 Å². The van der Waals surface area contributed by atoms with Gasteiger partial charge in [-0.25, -0.2) is 4.79 Å². The van der Waals surface area contributed by atoms with Crippen LogP contribution in [0.5, 0.6) is 0 Å². The zero-order valence-corrected chi connectivity index (χ0v) is 22.0. The Balaban J connectivity index is 0.000000646. The highest BCUT2D eigenvalue weighted by molar-refractivity contribution is 5.96. The van der Waals surface area contributed by atoms with Gasteiger partial charge >= 0.3 is 24.5 Å². The number of carboxylic acid groups (broad SMARTS) is 1. The minimum Gasteiger partial charge on any atom is -0.475 e. The summed E-state index contributed by atoms with van der Waals surface area (Å²) < 4.78 is 111. The van der Waals surface area contributed by atoms with E-state index in [-0.39, 0.29) is 31.1 Å². The molecular formula is C26H25F9N4O4. The number of aliphatic carboxylic acids is 1. The molecule has 4 rings (SSSR count). The van der Waals surface area contributed by atoms with Crippen molar-refractivity contribution in [2.75, 3.05) is 37.7 Å². The molecule has 0 aromatic heterocycles. The number of piperidine rings is 1. The van der Waals surface area contributed by atoms with Crippen molar-refractivity contribution in [1.29, 1.82) is 0 Å². The van der Waals surface area contributed by atoms with Crippen LogP contribution in [0.2, 0.25) is 0 Å². The Bertz CT molecular complexity index is 1310. The molecule has 0 unspecified atom stereocenters. The number of carbonyl (C=O) groups is 3. The lowest BCUT2D eigenvalue weighted by Crippen LogP contribution is -2.57. The predicted molar refractivity (Wildman–Crippen MR) is 133 cm³/mol. The van der Waals surface area contributed by atoms with Crippen LogP contribution in [0.15, 0.2) is 48.5 Å². The Morgan fingerprint density at radius 2 is 1.49 bits per heavy atom. The molecule has 0 bridgehead atoms. The number of carbonyl (C=O) groups excluding carboxylic acids is 2. The summed E-state index contributed by atoms with van der Waals surface area (Å²) in [6, 6.07) is 10.3. The highest BCUT2D eigenvalue weighted by Gasteiger charge is 2.50. The van der Waals surface area contributed by atoms with Gasteiger partial charge in [-0.05, 0) is 43.2 Å². The highest BCUT2D eigenvalue weighted by atomic mass is 19.4. The van der Waals surface area contributed by atoms with Gasteiger partial charge in [0.15, 0.2) is 0 Å². The third-order valence-electron chi connectivity index (χ3n) is 6.94. The smallest absolute Gasteiger partial charge is 0.475 e. The summed E-state index contributed by atoms with van der Waals surface area (Å²) in [4.78, 5) is 38.0. The van der Waals surface area contributed by atoms with Gasteiger partial charge in [0, 0.05) is 31.9 Å². The first kappa shape index (κ1) is 33.5. The minimum atomic E-state index is -5.08. The number of likely N-dealkylation sites (tertiary alicyclic amines) is 1. The maximum absolute atomic E-state index is 13.3. The number of halogens is 9. The maximum Gasteiger partial charge on any atom is 0.490 e. The number of benzene rings is 2. The SMILES string of the molecule is O=C(NCCN1CCC2(CC1)C(=O)NCN2c1ccccc1)c1cc(C(F)(F)F)ccc1C(F)(F)F.O=C(O)C(F)(F)F. The van der Waals surface area contributed by atoms with E-state index in [0.717, 1.165) is 5.69 Å². The van der Waals surface area contributed by atoms with Gasteiger partial charge in [0.25, 0.3) is 5.91 Å². The largest absolute Gasteiger partial charge is 0.490 e. The number of hydrogen-bond donors (Lipinski definition) is 3. The molecule has 2 heterocycles. The van der Waals surface area contributed by atoms with E-state index in [9.17, 15) is 49.1 Å². The van der Waals surface area contributed by atoms with E-state index < -0.39 is 52.6 Å². The molecule has 2 amide bonds. The molecule has 2 fully saturated rings. The monoisotopic (exact) mass is 628 g/mol. The lowest BCUT2D eigenvalue weighted by molar-refractivity contribution is -0.192. The zero-order chi connectivity index (χ0) is 32.2. The first-order valence-corrected chi connectivity index (χ1v) is 12.6. The van der Waals surface area contributed by atoms with Crippen LogP contribution >= 0.6 is 0 Å². The lowest BCUT2D eigenvalue weighted by Gasteiger charge is -2.43. The van der Waals surface area contributed by atoms with E-state index in [0.29, 0.717) is 38.7 Å². The van der Waals surface area contributed by atoms with Crippen molar-refractivity contribution in [3.8, 4) is 0 Å². The lowest BCUT2D eigenvalue weighted by atomic mass is 9.85. The van der Waals surface area contributed by atoms with E-state index in [4.69, 9.17) is 9.90 Å². The van der Waals surface area contributed by atoms with Gasteiger partial charge in [-0.1, -0.05) is 18.2 Å². The molecule has 0 saturated carbocycles. The van der Waals surface area contributed by atoms with E-state index >= 15 is 0 Å². The third-order valence-corrected chi connectivity index (χ3v) is 6.94. The number of anilines is 1. The van der Waals surface area contributed by atoms with Crippen molar-refractivity contribution in [1.82, 2.24) is 15.5 Å². The number of alkyl halides is 9. The summed E-state index contributed by atoms with van der Waals surface area (Å²) in [7, 11) is 0. The van der Waals surface area contributed by atoms with E-state index in [1.165, 1.54) is 0 Å². The molecule has 0 atom stereocenters. The molecule has 1 spiro atoms. The molecule has 3 N–H and O–H groups in total. The average Bonchev–Trinajstić information content (AvgIpc) is 3.23. The molecule has 2 aromatic rings. The summed E-state index contributed by atoms with van der Waals surface area (Å²) in [5.74, 6) is -4.05. The van der Waals surface area contributed by atoms with Crippen LogP contribution in [0, 0.1) is 0 Å². The van der Waals surface area contributed by atoms with Gasteiger partial charge in [-0.2, -0.15) is 39.5 Å². The second-order valence-electron chi connectivity index (χ2n) is 9.62. The van der Waals surface area contributed by atoms with Gasteiger partial charge in [0.1, 0.15) is 5.54 Å². The number of amides is 2. The number of nitrogens with one attached hydrogen (secondary N) is 2. The van der Waals surface area contributed by atoms with Crippen LogP contribution in [0.4, 0.5) is 45.2 Å². The van der Waals surface area contributed by atoms with Gasteiger partial charge < -0.3 is 25.5 Å².